The highest BCUT2D eigenvalue weighted by molar-refractivity contribution is 4.80. The van der Waals surface area contributed by atoms with E-state index in [1.807, 2.05) is 0 Å². The highest BCUT2D eigenvalue weighted by atomic mass is 15.2. The molecule has 2 aliphatic rings. The standard InChI is InChI=1S/C14H29N3/c1-3-17-11-7-14(8-12-17)16(2)10-6-13-5-4-9-15-13/h13-15H,3-12H2,1-2H3. The Hall–Kier alpha value is -0.120. The van der Waals surface area contributed by atoms with Crippen LogP contribution in [0.15, 0.2) is 0 Å². The fraction of sp³-hybridized carbons (Fsp3) is 1.00. The van der Waals surface area contributed by atoms with Crippen molar-refractivity contribution in [1.29, 1.82) is 0 Å². The van der Waals surface area contributed by atoms with Gasteiger partial charge < -0.3 is 15.1 Å². The molecule has 2 aliphatic heterocycles. The van der Waals surface area contributed by atoms with Crippen LogP contribution in [0.2, 0.25) is 0 Å². The molecule has 1 atom stereocenters. The molecule has 3 nitrogen and oxygen atoms in total. The molecule has 2 saturated heterocycles. The Labute approximate surface area is 107 Å². The van der Waals surface area contributed by atoms with Crippen molar-refractivity contribution >= 4 is 0 Å². The third-order valence-electron chi connectivity index (χ3n) is 4.62. The maximum absolute atomic E-state index is 3.60. The summed E-state index contributed by atoms with van der Waals surface area (Å²) in [5.74, 6) is 0. The molecule has 2 heterocycles. The molecule has 0 bridgehead atoms. The van der Waals surface area contributed by atoms with E-state index in [1.54, 1.807) is 0 Å². The third-order valence-corrected chi connectivity index (χ3v) is 4.62. The molecule has 0 aromatic carbocycles. The number of nitrogens with one attached hydrogen (secondary N) is 1. The SMILES string of the molecule is CCN1CCC(N(C)CCC2CCCN2)CC1. The molecule has 0 amide bonds. The molecular weight excluding hydrogens is 210 g/mol. The van der Waals surface area contributed by atoms with Crippen LogP contribution in [0, 0.1) is 0 Å². The first kappa shape index (κ1) is 13.3. The van der Waals surface area contributed by atoms with Crippen molar-refractivity contribution < 1.29 is 0 Å². The number of nitrogens with zero attached hydrogens (tertiary/aromatic N) is 2. The van der Waals surface area contributed by atoms with Crippen LogP contribution < -0.4 is 5.32 Å². The summed E-state index contributed by atoms with van der Waals surface area (Å²) < 4.78 is 0. The van der Waals surface area contributed by atoms with Crippen molar-refractivity contribution in [2.45, 2.75) is 51.1 Å². The molecule has 1 unspecified atom stereocenters. The lowest BCUT2D eigenvalue weighted by atomic mass is 10.0. The minimum atomic E-state index is 0.799. The van der Waals surface area contributed by atoms with Crippen molar-refractivity contribution in [3.05, 3.63) is 0 Å². The van der Waals surface area contributed by atoms with Crippen LogP contribution in [0.3, 0.4) is 0 Å². The zero-order valence-corrected chi connectivity index (χ0v) is 11.6. The predicted molar refractivity (Wildman–Crippen MR) is 73.4 cm³/mol. The second kappa shape index (κ2) is 6.72. The first-order chi connectivity index (χ1) is 8.29. The number of likely N-dealkylation sites (tertiary alicyclic amines) is 1. The Morgan fingerprint density at radius 2 is 2.00 bits per heavy atom. The van der Waals surface area contributed by atoms with Crippen LogP contribution >= 0.6 is 0 Å². The second-order valence-electron chi connectivity index (χ2n) is 5.73. The molecule has 0 aromatic rings. The Kier molecular flexibility index (Phi) is 5.26. The minimum absolute atomic E-state index is 0.799. The van der Waals surface area contributed by atoms with Gasteiger partial charge in [0.1, 0.15) is 0 Å². The van der Waals surface area contributed by atoms with Gasteiger partial charge in [-0.05, 0) is 71.9 Å². The van der Waals surface area contributed by atoms with Crippen LogP contribution in [-0.4, -0.2) is 61.7 Å². The van der Waals surface area contributed by atoms with Crippen LogP contribution in [-0.2, 0) is 0 Å². The molecule has 0 saturated carbocycles. The summed E-state index contributed by atoms with van der Waals surface area (Å²) in [7, 11) is 2.32. The van der Waals surface area contributed by atoms with Crippen LogP contribution in [0.5, 0.6) is 0 Å². The first-order valence-electron chi connectivity index (χ1n) is 7.45. The van der Waals surface area contributed by atoms with Gasteiger partial charge in [-0.2, -0.15) is 0 Å². The number of piperidine rings is 1. The first-order valence-corrected chi connectivity index (χ1v) is 7.45. The maximum atomic E-state index is 3.60. The summed E-state index contributed by atoms with van der Waals surface area (Å²) in [5.41, 5.74) is 0. The molecule has 2 fully saturated rings. The normalized spacial score (nSPS) is 28.1. The zero-order valence-electron chi connectivity index (χ0n) is 11.6. The van der Waals surface area contributed by atoms with Gasteiger partial charge in [0, 0.05) is 12.1 Å². The van der Waals surface area contributed by atoms with Crippen molar-refractivity contribution in [1.82, 2.24) is 15.1 Å². The number of hydrogen-bond donors (Lipinski definition) is 1. The Bertz CT molecular complexity index is 206. The average molecular weight is 239 g/mol. The van der Waals surface area contributed by atoms with Gasteiger partial charge in [0.05, 0.1) is 0 Å². The fourth-order valence-electron chi connectivity index (χ4n) is 3.22. The summed E-state index contributed by atoms with van der Waals surface area (Å²) in [6, 6.07) is 1.63. The molecule has 0 aromatic heterocycles. The van der Waals surface area contributed by atoms with Gasteiger partial charge in [-0.25, -0.2) is 0 Å². The van der Waals surface area contributed by atoms with Crippen molar-refractivity contribution in [3.8, 4) is 0 Å². The van der Waals surface area contributed by atoms with Crippen LogP contribution in [0.4, 0.5) is 0 Å². The monoisotopic (exact) mass is 239 g/mol. The average Bonchev–Trinajstić information content (AvgIpc) is 2.89. The number of rotatable bonds is 5. The van der Waals surface area contributed by atoms with Crippen molar-refractivity contribution in [2.24, 2.45) is 0 Å². The van der Waals surface area contributed by atoms with Gasteiger partial charge in [0.15, 0.2) is 0 Å². The van der Waals surface area contributed by atoms with Crippen LogP contribution in [0.25, 0.3) is 0 Å². The van der Waals surface area contributed by atoms with E-state index in [1.165, 1.54) is 64.8 Å². The smallest absolute Gasteiger partial charge is 0.0117 e. The molecule has 0 radical (unpaired) electrons. The molecule has 3 heteroatoms. The van der Waals surface area contributed by atoms with Crippen LogP contribution in [0.1, 0.15) is 39.0 Å². The van der Waals surface area contributed by atoms with Gasteiger partial charge in [-0.1, -0.05) is 6.92 Å². The second-order valence-corrected chi connectivity index (χ2v) is 5.73. The summed E-state index contributed by atoms with van der Waals surface area (Å²) >= 11 is 0. The van der Waals surface area contributed by atoms with E-state index in [0.29, 0.717) is 0 Å². The highest BCUT2D eigenvalue weighted by Crippen LogP contribution is 2.16. The Morgan fingerprint density at radius 3 is 2.59 bits per heavy atom. The lowest BCUT2D eigenvalue weighted by molar-refractivity contribution is 0.128. The highest BCUT2D eigenvalue weighted by Gasteiger charge is 2.22. The zero-order chi connectivity index (χ0) is 12.1. The summed E-state index contributed by atoms with van der Waals surface area (Å²) in [5, 5.41) is 3.60. The van der Waals surface area contributed by atoms with E-state index >= 15 is 0 Å². The molecule has 0 aliphatic carbocycles. The third kappa shape index (κ3) is 3.94. The van der Waals surface area contributed by atoms with Crippen molar-refractivity contribution in [2.75, 3.05) is 39.8 Å². The van der Waals surface area contributed by atoms with Gasteiger partial charge >= 0.3 is 0 Å². The predicted octanol–water partition coefficient (Wildman–Crippen LogP) is 1.54. The lowest BCUT2D eigenvalue weighted by Gasteiger charge is -2.36. The number of hydrogen-bond acceptors (Lipinski definition) is 3. The van der Waals surface area contributed by atoms with E-state index in [2.05, 4.69) is 29.1 Å². The van der Waals surface area contributed by atoms with E-state index < -0.39 is 0 Å². The van der Waals surface area contributed by atoms with E-state index in [0.717, 1.165) is 12.1 Å². The quantitative estimate of drug-likeness (QED) is 0.785. The summed E-state index contributed by atoms with van der Waals surface area (Å²) in [6.07, 6.45) is 6.83. The van der Waals surface area contributed by atoms with E-state index in [9.17, 15) is 0 Å². The fourth-order valence-corrected chi connectivity index (χ4v) is 3.22. The lowest BCUT2D eigenvalue weighted by Crippen LogP contribution is -2.44. The molecule has 2 rings (SSSR count). The van der Waals surface area contributed by atoms with Crippen molar-refractivity contribution in [3.63, 3.8) is 0 Å². The minimum Gasteiger partial charge on any atom is -0.314 e. The topological polar surface area (TPSA) is 18.5 Å². The maximum Gasteiger partial charge on any atom is 0.0117 e. The molecule has 17 heavy (non-hydrogen) atoms. The Morgan fingerprint density at radius 1 is 1.24 bits per heavy atom. The molecular formula is C14H29N3. The van der Waals surface area contributed by atoms with E-state index in [-0.39, 0.29) is 0 Å². The largest absolute Gasteiger partial charge is 0.314 e. The molecule has 0 spiro atoms. The molecule has 100 valence electrons. The summed E-state index contributed by atoms with van der Waals surface area (Å²) in [6.45, 7) is 8.61. The van der Waals surface area contributed by atoms with Gasteiger partial charge in [-0.15, -0.1) is 0 Å². The van der Waals surface area contributed by atoms with Gasteiger partial charge in [0.2, 0.25) is 0 Å². The van der Waals surface area contributed by atoms with Gasteiger partial charge in [-0.3, -0.25) is 0 Å². The van der Waals surface area contributed by atoms with Gasteiger partial charge in [0.25, 0.3) is 0 Å². The Balaban J connectivity index is 1.64. The van der Waals surface area contributed by atoms with E-state index in [4.69, 9.17) is 0 Å². The summed E-state index contributed by atoms with van der Waals surface area (Å²) in [4.78, 5) is 5.18. The molecule has 1 N–H and O–H groups in total.